The lowest BCUT2D eigenvalue weighted by Gasteiger charge is -2.17. The fraction of sp³-hybridized carbons (Fsp3) is 0.500. The van der Waals surface area contributed by atoms with Gasteiger partial charge in [0.2, 0.25) is 0 Å². The van der Waals surface area contributed by atoms with Crippen LogP contribution in [-0.2, 0) is 4.79 Å². The summed E-state index contributed by atoms with van der Waals surface area (Å²) in [6.45, 7) is 4.38. The van der Waals surface area contributed by atoms with E-state index in [1.54, 1.807) is 18.9 Å². The maximum absolute atomic E-state index is 11.8. The number of carbonyl (C=O) groups is 1. The number of rotatable bonds is 3. The summed E-state index contributed by atoms with van der Waals surface area (Å²) >= 11 is 0. The highest BCUT2D eigenvalue weighted by atomic mass is 16.5. The summed E-state index contributed by atoms with van der Waals surface area (Å²) < 4.78 is 5.75. The van der Waals surface area contributed by atoms with Crippen molar-refractivity contribution in [2.75, 3.05) is 13.6 Å². The normalized spacial score (nSPS) is 21.2. The summed E-state index contributed by atoms with van der Waals surface area (Å²) in [6, 6.07) is 5.64. The van der Waals surface area contributed by atoms with Crippen molar-refractivity contribution in [2.24, 2.45) is 0 Å². The fourth-order valence-electron chi connectivity index (χ4n) is 2.15. The number of nitrogens with zero attached hydrogens (tertiary/aromatic N) is 1. The van der Waals surface area contributed by atoms with Crippen LogP contribution in [0.4, 0.5) is 0 Å². The topological polar surface area (TPSA) is 49.8 Å². The van der Waals surface area contributed by atoms with Gasteiger partial charge in [-0.1, -0.05) is 11.6 Å². The molecule has 0 bridgehead atoms. The van der Waals surface area contributed by atoms with Gasteiger partial charge in [0.25, 0.3) is 5.91 Å². The summed E-state index contributed by atoms with van der Waals surface area (Å²) in [6.07, 6.45) is -0.327. The Kier molecular flexibility index (Phi) is 3.57. The lowest BCUT2D eigenvalue weighted by molar-refractivity contribution is -0.132. The Bertz CT molecular complexity index is 456. The van der Waals surface area contributed by atoms with E-state index in [1.165, 1.54) is 0 Å². The number of aliphatic hydroxyl groups is 1. The van der Waals surface area contributed by atoms with Gasteiger partial charge in [-0.05, 0) is 26.0 Å². The van der Waals surface area contributed by atoms with E-state index >= 15 is 0 Å². The monoisotopic (exact) mass is 249 g/mol. The Balaban J connectivity index is 2.21. The lowest BCUT2D eigenvalue weighted by Crippen LogP contribution is -2.29. The second-order valence-electron chi connectivity index (χ2n) is 4.87. The molecular formula is C14H19NO3. The Hall–Kier alpha value is -1.55. The zero-order valence-electron chi connectivity index (χ0n) is 11.0. The number of likely N-dealkylation sites (N-methyl/N-ethyl adjacent to an activating group) is 1. The summed E-state index contributed by atoms with van der Waals surface area (Å²) in [4.78, 5) is 13.5. The molecule has 0 aromatic heterocycles. The van der Waals surface area contributed by atoms with E-state index in [-0.39, 0.29) is 5.91 Å². The predicted molar refractivity (Wildman–Crippen MR) is 68.5 cm³/mol. The van der Waals surface area contributed by atoms with Crippen LogP contribution < -0.4 is 4.74 Å². The zero-order valence-corrected chi connectivity index (χ0v) is 11.0. The molecule has 0 aliphatic carbocycles. The molecule has 4 heteroatoms. The lowest BCUT2D eigenvalue weighted by atomic mass is 10.1. The highest BCUT2D eigenvalue weighted by Crippen LogP contribution is 2.28. The van der Waals surface area contributed by atoms with E-state index in [2.05, 4.69) is 0 Å². The fourth-order valence-corrected chi connectivity index (χ4v) is 2.15. The third-order valence-corrected chi connectivity index (χ3v) is 3.26. The molecule has 1 aromatic carbocycles. The number of hydrogen-bond acceptors (Lipinski definition) is 3. The van der Waals surface area contributed by atoms with Gasteiger partial charge >= 0.3 is 0 Å². The van der Waals surface area contributed by atoms with Gasteiger partial charge in [-0.2, -0.15) is 0 Å². The van der Waals surface area contributed by atoms with Crippen LogP contribution in [0, 0.1) is 6.92 Å². The van der Waals surface area contributed by atoms with Crippen molar-refractivity contribution in [3.8, 4) is 5.75 Å². The SMILES string of the molecule is Cc1ccc(OC2CCN(C)C2=O)c([C@@H](C)O)c1. The summed E-state index contributed by atoms with van der Waals surface area (Å²) in [7, 11) is 1.77. The average molecular weight is 249 g/mol. The van der Waals surface area contributed by atoms with Crippen molar-refractivity contribution in [2.45, 2.75) is 32.5 Å². The molecule has 1 saturated heterocycles. The quantitative estimate of drug-likeness (QED) is 0.886. The van der Waals surface area contributed by atoms with Crippen molar-refractivity contribution in [1.29, 1.82) is 0 Å². The summed E-state index contributed by atoms with van der Waals surface area (Å²) in [5.41, 5.74) is 1.80. The molecule has 1 aromatic rings. The van der Waals surface area contributed by atoms with Crippen molar-refractivity contribution in [1.82, 2.24) is 4.90 Å². The van der Waals surface area contributed by atoms with Gasteiger partial charge in [0.15, 0.2) is 6.10 Å². The van der Waals surface area contributed by atoms with Gasteiger partial charge in [-0.15, -0.1) is 0 Å². The van der Waals surface area contributed by atoms with E-state index < -0.39 is 12.2 Å². The van der Waals surface area contributed by atoms with Gasteiger partial charge in [0.1, 0.15) is 5.75 Å². The molecule has 1 aliphatic rings. The predicted octanol–water partition coefficient (Wildman–Crippen LogP) is 1.66. The van der Waals surface area contributed by atoms with E-state index in [0.29, 0.717) is 12.2 Å². The molecule has 1 aliphatic heterocycles. The molecule has 0 saturated carbocycles. The van der Waals surface area contributed by atoms with E-state index in [1.807, 2.05) is 25.1 Å². The first-order chi connectivity index (χ1) is 8.49. The molecule has 0 spiro atoms. The average Bonchev–Trinajstić information content (AvgIpc) is 2.63. The van der Waals surface area contributed by atoms with Gasteiger partial charge in [0, 0.05) is 25.6 Å². The Morgan fingerprint density at radius 3 is 2.78 bits per heavy atom. The third-order valence-electron chi connectivity index (χ3n) is 3.26. The molecular weight excluding hydrogens is 230 g/mol. The molecule has 1 fully saturated rings. The number of aryl methyl sites for hydroxylation is 1. The Labute approximate surface area is 107 Å². The zero-order chi connectivity index (χ0) is 13.3. The smallest absolute Gasteiger partial charge is 0.263 e. The van der Waals surface area contributed by atoms with E-state index in [4.69, 9.17) is 4.74 Å². The van der Waals surface area contributed by atoms with Crippen LogP contribution >= 0.6 is 0 Å². The number of likely N-dealkylation sites (tertiary alicyclic amines) is 1. The van der Waals surface area contributed by atoms with Crippen molar-refractivity contribution >= 4 is 5.91 Å². The van der Waals surface area contributed by atoms with Crippen molar-refractivity contribution in [3.63, 3.8) is 0 Å². The number of aliphatic hydroxyl groups excluding tert-OH is 1. The molecule has 2 atom stereocenters. The minimum Gasteiger partial charge on any atom is -0.480 e. The van der Waals surface area contributed by atoms with E-state index in [0.717, 1.165) is 17.7 Å². The molecule has 1 heterocycles. The van der Waals surface area contributed by atoms with Crippen LogP contribution in [0.5, 0.6) is 5.75 Å². The maximum Gasteiger partial charge on any atom is 0.263 e. The van der Waals surface area contributed by atoms with Gasteiger partial charge in [-0.25, -0.2) is 0 Å². The highest BCUT2D eigenvalue weighted by molar-refractivity contribution is 5.83. The first-order valence-corrected chi connectivity index (χ1v) is 6.19. The van der Waals surface area contributed by atoms with Crippen molar-refractivity contribution < 1.29 is 14.6 Å². The molecule has 98 valence electrons. The minimum absolute atomic E-state index is 0.00659. The number of ether oxygens (including phenoxy) is 1. The van der Waals surface area contributed by atoms with Crippen molar-refractivity contribution in [3.05, 3.63) is 29.3 Å². The standard InChI is InChI=1S/C14H19NO3/c1-9-4-5-12(11(8-9)10(2)16)18-13-6-7-15(3)14(13)17/h4-5,8,10,13,16H,6-7H2,1-3H3/t10-,13?/m1/s1. The van der Waals surface area contributed by atoms with Gasteiger partial charge in [0.05, 0.1) is 6.10 Å². The Morgan fingerprint density at radius 2 is 2.22 bits per heavy atom. The second kappa shape index (κ2) is 4.98. The number of amides is 1. The molecule has 2 rings (SSSR count). The molecule has 1 amide bonds. The highest BCUT2D eigenvalue weighted by Gasteiger charge is 2.31. The van der Waals surface area contributed by atoms with Gasteiger partial charge < -0.3 is 14.7 Å². The van der Waals surface area contributed by atoms with Crippen LogP contribution in [0.1, 0.15) is 30.6 Å². The van der Waals surface area contributed by atoms with Crippen LogP contribution in [0.25, 0.3) is 0 Å². The van der Waals surface area contributed by atoms with E-state index in [9.17, 15) is 9.90 Å². The van der Waals surface area contributed by atoms with Crippen LogP contribution in [-0.4, -0.2) is 35.6 Å². The maximum atomic E-state index is 11.8. The molecule has 0 radical (unpaired) electrons. The number of carbonyl (C=O) groups excluding carboxylic acids is 1. The molecule has 1 unspecified atom stereocenters. The first-order valence-electron chi connectivity index (χ1n) is 6.19. The third kappa shape index (κ3) is 2.48. The minimum atomic E-state index is -0.603. The largest absolute Gasteiger partial charge is 0.480 e. The second-order valence-corrected chi connectivity index (χ2v) is 4.87. The molecule has 1 N–H and O–H groups in total. The molecule has 18 heavy (non-hydrogen) atoms. The first kappa shape index (κ1) is 12.9. The Morgan fingerprint density at radius 1 is 1.50 bits per heavy atom. The van der Waals surface area contributed by atoms with Gasteiger partial charge in [-0.3, -0.25) is 4.79 Å². The number of benzene rings is 1. The van der Waals surface area contributed by atoms with Crippen LogP contribution in [0.15, 0.2) is 18.2 Å². The van der Waals surface area contributed by atoms with Crippen LogP contribution in [0.3, 0.4) is 0 Å². The summed E-state index contributed by atoms with van der Waals surface area (Å²) in [5.74, 6) is 0.608. The van der Waals surface area contributed by atoms with Crippen LogP contribution in [0.2, 0.25) is 0 Å². The number of hydrogen-bond donors (Lipinski definition) is 1. The molecule has 4 nitrogen and oxygen atoms in total. The summed E-state index contributed by atoms with van der Waals surface area (Å²) in [5, 5.41) is 9.75.